The van der Waals surface area contributed by atoms with Gasteiger partial charge in [0.15, 0.2) is 5.78 Å². The van der Waals surface area contributed by atoms with E-state index in [1.807, 2.05) is 6.92 Å². The molecule has 0 unspecified atom stereocenters. The summed E-state index contributed by atoms with van der Waals surface area (Å²) < 4.78 is 0. The van der Waals surface area contributed by atoms with Gasteiger partial charge in [0.05, 0.1) is 0 Å². The lowest BCUT2D eigenvalue weighted by molar-refractivity contribution is 0.0947. The molecule has 1 aromatic carbocycles. The summed E-state index contributed by atoms with van der Waals surface area (Å²) in [6.07, 6.45) is 0.822. The molecule has 0 fully saturated rings. The van der Waals surface area contributed by atoms with Crippen molar-refractivity contribution in [1.29, 1.82) is 0 Å². The number of benzene rings is 1. The fraction of sp³-hybridized carbons (Fsp3) is 0.222. The highest BCUT2D eigenvalue weighted by Crippen LogP contribution is 2.11. The van der Waals surface area contributed by atoms with Crippen LogP contribution >= 0.6 is 0 Å². The van der Waals surface area contributed by atoms with Crippen molar-refractivity contribution in [2.45, 2.75) is 20.3 Å². The highest BCUT2D eigenvalue weighted by atomic mass is 16.2. The summed E-state index contributed by atoms with van der Waals surface area (Å²) in [5.41, 5.74) is 1.46. The molecule has 0 spiro atoms. The van der Waals surface area contributed by atoms with Gasteiger partial charge in [0.1, 0.15) is 11.4 Å². The molecule has 0 aliphatic heterocycles. The van der Waals surface area contributed by atoms with Gasteiger partial charge in [0.25, 0.3) is 11.8 Å². The Hall–Kier alpha value is -3.02. The maximum Gasteiger partial charge on any atom is 0.274 e. The number of anilines is 1. The number of pyridine rings is 1. The summed E-state index contributed by atoms with van der Waals surface area (Å²) in [6.45, 7) is 3.99. The molecule has 24 heavy (non-hydrogen) atoms. The van der Waals surface area contributed by atoms with E-state index in [2.05, 4.69) is 15.6 Å². The third-order valence-electron chi connectivity index (χ3n) is 3.30. The van der Waals surface area contributed by atoms with E-state index in [1.165, 1.54) is 13.0 Å². The van der Waals surface area contributed by atoms with Gasteiger partial charge in [0, 0.05) is 17.8 Å². The standard InChI is InChI=1S/C18H19N3O3/c1-3-11-19-17(23)15-5-4-6-16(21-15)18(24)20-14-9-7-13(8-10-14)12(2)22/h4-10H,3,11H2,1-2H3,(H,19,23)(H,20,24). The molecule has 0 radical (unpaired) electrons. The Balaban J connectivity index is 2.09. The zero-order valence-corrected chi connectivity index (χ0v) is 13.6. The van der Waals surface area contributed by atoms with Crippen LogP contribution in [0.4, 0.5) is 5.69 Å². The lowest BCUT2D eigenvalue weighted by atomic mass is 10.1. The molecule has 2 amide bonds. The highest BCUT2D eigenvalue weighted by Gasteiger charge is 2.12. The van der Waals surface area contributed by atoms with Crippen LogP contribution in [-0.4, -0.2) is 29.1 Å². The van der Waals surface area contributed by atoms with Crippen LogP contribution < -0.4 is 10.6 Å². The average molecular weight is 325 g/mol. The summed E-state index contributed by atoms with van der Waals surface area (Å²) in [5, 5.41) is 5.41. The molecule has 2 rings (SSSR count). The zero-order chi connectivity index (χ0) is 17.5. The summed E-state index contributed by atoms with van der Waals surface area (Å²) in [5.74, 6) is -0.770. The van der Waals surface area contributed by atoms with Crippen LogP contribution in [0.15, 0.2) is 42.5 Å². The quantitative estimate of drug-likeness (QED) is 0.799. The largest absolute Gasteiger partial charge is 0.351 e. The van der Waals surface area contributed by atoms with E-state index >= 15 is 0 Å². The number of aromatic nitrogens is 1. The fourth-order valence-electron chi connectivity index (χ4n) is 2.00. The predicted octanol–water partition coefficient (Wildman–Crippen LogP) is 2.68. The van der Waals surface area contributed by atoms with Crippen molar-refractivity contribution < 1.29 is 14.4 Å². The van der Waals surface area contributed by atoms with Crippen LogP contribution in [0, 0.1) is 0 Å². The Morgan fingerprint density at radius 3 is 2.17 bits per heavy atom. The predicted molar refractivity (Wildman–Crippen MR) is 91.3 cm³/mol. The first kappa shape index (κ1) is 17.3. The summed E-state index contributed by atoms with van der Waals surface area (Å²) in [7, 11) is 0. The first-order valence-electron chi connectivity index (χ1n) is 7.69. The summed E-state index contributed by atoms with van der Waals surface area (Å²) >= 11 is 0. The number of rotatable bonds is 6. The van der Waals surface area contributed by atoms with Gasteiger partial charge in [-0.05, 0) is 49.7 Å². The second-order valence-corrected chi connectivity index (χ2v) is 5.25. The third-order valence-corrected chi connectivity index (χ3v) is 3.30. The number of nitrogens with zero attached hydrogens (tertiary/aromatic N) is 1. The van der Waals surface area contributed by atoms with Crippen molar-refractivity contribution in [2.24, 2.45) is 0 Å². The highest BCUT2D eigenvalue weighted by molar-refractivity contribution is 6.04. The van der Waals surface area contributed by atoms with E-state index in [-0.39, 0.29) is 23.1 Å². The van der Waals surface area contributed by atoms with E-state index in [4.69, 9.17) is 0 Å². The van der Waals surface area contributed by atoms with E-state index in [9.17, 15) is 14.4 Å². The number of hydrogen-bond donors (Lipinski definition) is 2. The molecule has 124 valence electrons. The van der Waals surface area contributed by atoms with Crippen LogP contribution in [0.2, 0.25) is 0 Å². The van der Waals surface area contributed by atoms with Crippen LogP contribution in [-0.2, 0) is 0 Å². The lowest BCUT2D eigenvalue weighted by Gasteiger charge is -2.07. The molecular weight excluding hydrogens is 306 g/mol. The van der Waals surface area contributed by atoms with E-state index < -0.39 is 5.91 Å². The number of carbonyl (C=O) groups excluding carboxylic acids is 3. The van der Waals surface area contributed by atoms with Gasteiger partial charge in [-0.3, -0.25) is 14.4 Å². The molecule has 2 N–H and O–H groups in total. The fourth-order valence-corrected chi connectivity index (χ4v) is 2.00. The van der Waals surface area contributed by atoms with E-state index in [0.717, 1.165) is 6.42 Å². The van der Waals surface area contributed by atoms with Crippen molar-refractivity contribution in [2.75, 3.05) is 11.9 Å². The number of ketones is 1. The van der Waals surface area contributed by atoms with Crippen molar-refractivity contribution in [3.05, 3.63) is 59.4 Å². The van der Waals surface area contributed by atoms with Crippen molar-refractivity contribution in [1.82, 2.24) is 10.3 Å². The van der Waals surface area contributed by atoms with Crippen molar-refractivity contribution in [3.8, 4) is 0 Å². The molecule has 0 bridgehead atoms. The Kier molecular flexibility index (Phi) is 5.78. The molecule has 0 saturated heterocycles. The molecule has 6 nitrogen and oxygen atoms in total. The first-order valence-corrected chi connectivity index (χ1v) is 7.69. The van der Waals surface area contributed by atoms with Crippen LogP contribution in [0.5, 0.6) is 0 Å². The molecule has 2 aromatic rings. The SMILES string of the molecule is CCCNC(=O)c1cccc(C(=O)Nc2ccc(C(C)=O)cc2)n1. The van der Waals surface area contributed by atoms with Gasteiger partial charge < -0.3 is 10.6 Å². The molecule has 1 heterocycles. The normalized spacial score (nSPS) is 10.1. The third kappa shape index (κ3) is 4.49. The molecule has 0 aliphatic rings. The molecule has 0 saturated carbocycles. The minimum Gasteiger partial charge on any atom is -0.351 e. The van der Waals surface area contributed by atoms with Gasteiger partial charge in [-0.25, -0.2) is 4.98 Å². The van der Waals surface area contributed by atoms with E-state index in [0.29, 0.717) is 17.8 Å². The lowest BCUT2D eigenvalue weighted by Crippen LogP contribution is -2.26. The second-order valence-electron chi connectivity index (χ2n) is 5.25. The van der Waals surface area contributed by atoms with Gasteiger partial charge in [-0.15, -0.1) is 0 Å². The maximum absolute atomic E-state index is 12.2. The summed E-state index contributed by atoms with van der Waals surface area (Å²) in [4.78, 5) is 39.5. The van der Waals surface area contributed by atoms with Gasteiger partial charge in [-0.2, -0.15) is 0 Å². The topological polar surface area (TPSA) is 88.2 Å². The molecule has 0 aliphatic carbocycles. The minimum atomic E-state index is -0.421. The molecule has 0 atom stereocenters. The van der Waals surface area contributed by atoms with Crippen molar-refractivity contribution >= 4 is 23.3 Å². The Labute approximate surface area is 140 Å². The number of amides is 2. The Morgan fingerprint density at radius 1 is 0.958 bits per heavy atom. The van der Waals surface area contributed by atoms with Crippen LogP contribution in [0.25, 0.3) is 0 Å². The average Bonchev–Trinajstić information content (AvgIpc) is 2.60. The number of hydrogen-bond acceptors (Lipinski definition) is 4. The zero-order valence-electron chi connectivity index (χ0n) is 13.6. The Morgan fingerprint density at radius 2 is 1.58 bits per heavy atom. The monoisotopic (exact) mass is 325 g/mol. The summed E-state index contributed by atoms with van der Waals surface area (Å²) in [6, 6.07) is 11.3. The Bertz CT molecular complexity index is 754. The molecule has 1 aromatic heterocycles. The minimum absolute atomic E-state index is 0.0414. The van der Waals surface area contributed by atoms with Gasteiger partial charge in [0.2, 0.25) is 0 Å². The smallest absolute Gasteiger partial charge is 0.274 e. The van der Waals surface area contributed by atoms with Crippen LogP contribution in [0.1, 0.15) is 51.6 Å². The number of Topliss-reactive ketones (excluding diaryl/α,β-unsaturated/α-hetero) is 1. The maximum atomic E-state index is 12.2. The number of nitrogens with one attached hydrogen (secondary N) is 2. The number of carbonyl (C=O) groups is 3. The van der Waals surface area contributed by atoms with Crippen molar-refractivity contribution in [3.63, 3.8) is 0 Å². The molecule has 6 heteroatoms. The van der Waals surface area contributed by atoms with Gasteiger partial charge in [-0.1, -0.05) is 13.0 Å². The van der Waals surface area contributed by atoms with E-state index in [1.54, 1.807) is 36.4 Å². The second kappa shape index (κ2) is 8.01. The molecular formula is C18H19N3O3. The van der Waals surface area contributed by atoms with Gasteiger partial charge >= 0.3 is 0 Å². The van der Waals surface area contributed by atoms with Crippen LogP contribution in [0.3, 0.4) is 0 Å². The first-order chi connectivity index (χ1) is 11.5.